The Labute approximate surface area is 141 Å². The first-order valence-electron chi connectivity index (χ1n) is 6.26. The van der Waals surface area contributed by atoms with E-state index in [4.69, 9.17) is 11.6 Å². The van der Waals surface area contributed by atoms with Crippen molar-refractivity contribution in [2.75, 3.05) is 12.4 Å². The number of halogens is 7. The van der Waals surface area contributed by atoms with Crippen molar-refractivity contribution in [1.29, 1.82) is 0 Å². The molecule has 1 atom stereocenters. The van der Waals surface area contributed by atoms with Crippen molar-refractivity contribution in [3.8, 4) is 0 Å². The van der Waals surface area contributed by atoms with Crippen molar-refractivity contribution >= 4 is 29.2 Å². The van der Waals surface area contributed by atoms with Crippen LogP contribution in [0.4, 0.5) is 32.0 Å². The highest BCUT2D eigenvalue weighted by Gasteiger charge is 2.61. The number of hydrogen-bond donors (Lipinski definition) is 2. The van der Waals surface area contributed by atoms with E-state index in [1.165, 1.54) is 0 Å². The fraction of sp³-hybridized carbons (Fsp3) is 0.385. The number of carbonyl (C=O) groups excluding carboxylic acids is 2. The second kappa shape index (κ2) is 7.08. The summed E-state index contributed by atoms with van der Waals surface area (Å²) in [5, 5.41) is 10.5. The van der Waals surface area contributed by atoms with Crippen molar-refractivity contribution < 1.29 is 45.8 Å². The molecule has 0 radical (unpaired) electrons. The first-order chi connectivity index (χ1) is 11.2. The summed E-state index contributed by atoms with van der Waals surface area (Å²) >= 11 is 5.36. The summed E-state index contributed by atoms with van der Waals surface area (Å²) in [6, 6.07) is 2.07. The molecule has 1 aromatic rings. The van der Waals surface area contributed by atoms with Gasteiger partial charge in [-0.3, -0.25) is 4.79 Å². The number of aliphatic hydroxyl groups is 1. The number of nitrogens with one attached hydrogen (secondary N) is 1. The van der Waals surface area contributed by atoms with E-state index in [1.54, 1.807) is 5.32 Å². The van der Waals surface area contributed by atoms with E-state index in [-0.39, 0.29) is 0 Å². The smallest absolute Gasteiger partial charge is 0.428 e. The maximum Gasteiger partial charge on any atom is 0.428 e. The lowest BCUT2D eigenvalue weighted by Crippen LogP contribution is -2.54. The first kappa shape index (κ1) is 21.0. The van der Waals surface area contributed by atoms with Gasteiger partial charge in [-0.15, -0.1) is 0 Å². The van der Waals surface area contributed by atoms with Gasteiger partial charge in [-0.2, -0.15) is 26.3 Å². The van der Waals surface area contributed by atoms with Gasteiger partial charge in [-0.25, -0.2) is 4.79 Å². The molecule has 0 unspecified atom stereocenters. The van der Waals surface area contributed by atoms with E-state index >= 15 is 0 Å². The third-order valence-corrected chi connectivity index (χ3v) is 3.29. The van der Waals surface area contributed by atoms with E-state index in [0.717, 1.165) is 12.1 Å². The number of anilines is 1. The minimum atomic E-state index is -5.55. The normalized spacial score (nSPS) is 14.6. The lowest BCUT2D eigenvalue weighted by molar-refractivity contribution is -0.261. The zero-order chi connectivity index (χ0) is 19.6. The zero-order valence-corrected chi connectivity index (χ0v) is 13.0. The summed E-state index contributed by atoms with van der Waals surface area (Å²) in [6.45, 7) is 0. The first-order valence-corrected chi connectivity index (χ1v) is 6.64. The molecule has 5 nitrogen and oxygen atoms in total. The van der Waals surface area contributed by atoms with Crippen molar-refractivity contribution in [2.45, 2.75) is 24.4 Å². The molecule has 1 rings (SSSR count). The maximum atomic E-state index is 12.8. The van der Waals surface area contributed by atoms with Crippen LogP contribution >= 0.6 is 11.6 Å². The number of methoxy groups -OCH3 is 1. The molecule has 140 valence electrons. The van der Waals surface area contributed by atoms with Crippen LogP contribution in [0.15, 0.2) is 18.2 Å². The molecular formula is C13H10ClF6NO4. The fourth-order valence-corrected chi connectivity index (χ4v) is 1.94. The Bertz CT molecular complexity index is 675. The van der Waals surface area contributed by atoms with Crippen LogP contribution in [0.3, 0.4) is 0 Å². The van der Waals surface area contributed by atoms with Gasteiger partial charge in [-0.1, -0.05) is 11.6 Å². The number of rotatable bonds is 4. The summed E-state index contributed by atoms with van der Waals surface area (Å²) in [6.07, 6.45) is -12.2. The van der Waals surface area contributed by atoms with Crippen molar-refractivity contribution in [2.24, 2.45) is 0 Å². The number of hydrogen-bond acceptors (Lipinski definition) is 4. The second-order valence-electron chi connectivity index (χ2n) is 4.77. The van der Waals surface area contributed by atoms with Crippen LogP contribution in [0.1, 0.15) is 12.0 Å². The molecule has 0 aliphatic carbocycles. The number of alkyl halides is 6. The predicted octanol–water partition coefficient (Wildman–Crippen LogP) is 3.15. The summed E-state index contributed by atoms with van der Waals surface area (Å²) in [5.74, 6) is -3.71. The van der Waals surface area contributed by atoms with E-state index in [1.807, 2.05) is 0 Å². The minimum absolute atomic E-state index is 0.394. The van der Waals surface area contributed by atoms with Crippen LogP contribution in [-0.2, 0) is 20.5 Å². The molecule has 2 N–H and O–H groups in total. The van der Waals surface area contributed by atoms with Crippen molar-refractivity contribution in [1.82, 2.24) is 0 Å². The van der Waals surface area contributed by atoms with Crippen LogP contribution in [0.2, 0.25) is 5.02 Å². The SMILES string of the molecule is COC(=O)[C@@](O)(CC(=O)Nc1ccc(Cl)c(C(F)(F)F)c1)C(F)(F)F. The predicted molar refractivity (Wildman–Crippen MR) is 72.7 cm³/mol. The van der Waals surface area contributed by atoms with Crippen LogP contribution in [0.25, 0.3) is 0 Å². The Morgan fingerprint density at radius 2 is 1.76 bits per heavy atom. The molecular weight excluding hydrogens is 384 g/mol. The highest BCUT2D eigenvalue weighted by molar-refractivity contribution is 6.31. The standard InChI is InChI=1S/C13H10ClF6NO4/c1-25-10(23)11(24,13(18,19)20)5-9(22)21-6-2-3-8(14)7(4-6)12(15,16)17/h2-4,24H,5H2,1H3,(H,21,22)/t11-/m0/s1. The molecule has 1 aromatic carbocycles. The zero-order valence-electron chi connectivity index (χ0n) is 12.3. The van der Waals surface area contributed by atoms with Gasteiger partial charge in [0.15, 0.2) is 0 Å². The molecule has 0 heterocycles. The van der Waals surface area contributed by atoms with Crippen LogP contribution in [0.5, 0.6) is 0 Å². The van der Waals surface area contributed by atoms with Crippen LogP contribution < -0.4 is 5.32 Å². The molecule has 12 heteroatoms. The highest BCUT2D eigenvalue weighted by Crippen LogP contribution is 2.37. The number of amides is 1. The number of ether oxygens (including phenoxy) is 1. The molecule has 0 aliphatic rings. The lowest BCUT2D eigenvalue weighted by Gasteiger charge is -2.26. The molecule has 1 amide bonds. The van der Waals surface area contributed by atoms with E-state index in [2.05, 4.69) is 4.74 Å². The average Bonchev–Trinajstić information content (AvgIpc) is 2.45. The Morgan fingerprint density at radius 1 is 1.20 bits per heavy atom. The van der Waals surface area contributed by atoms with Gasteiger partial charge in [0.2, 0.25) is 5.91 Å². The van der Waals surface area contributed by atoms with Crippen molar-refractivity contribution in [3.05, 3.63) is 28.8 Å². The summed E-state index contributed by atoms with van der Waals surface area (Å²) in [5.41, 5.74) is -6.01. The molecule has 0 bridgehead atoms. The van der Waals surface area contributed by atoms with E-state index in [0.29, 0.717) is 13.2 Å². The Morgan fingerprint density at radius 3 is 2.20 bits per heavy atom. The third-order valence-electron chi connectivity index (χ3n) is 2.96. The quantitative estimate of drug-likeness (QED) is 0.608. The minimum Gasteiger partial charge on any atom is -0.467 e. The number of benzene rings is 1. The molecule has 0 aromatic heterocycles. The van der Waals surface area contributed by atoms with Gasteiger partial charge in [0.05, 0.1) is 24.1 Å². The second-order valence-corrected chi connectivity index (χ2v) is 5.17. The molecule has 0 spiro atoms. The van der Waals surface area contributed by atoms with E-state index < -0.39 is 52.5 Å². The number of esters is 1. The Kier molecular flexibility index (Phi) is 5.96. The van der Waals surface area contributed by atoms with Gasteiger partial charge in [0, 0.05) is 5.69 Å². The highest BCUT2D eigenvalue weighted by atomic mass is 35.5. The Hall–Kier alpha value is -2.01. The van der Waals surface area contributed by atoms with E-state index in [9.17, 15) is 41.0 Å². The third kappa shape index (κ3) is 4.75. The van der Waals surface area contributed by atoms with Gasteiger partial charge in [0.1, 0.15) is 0 Å². The fourth-order valence-electron chi connectivity index (χ4n) is 1.71. The topological polar surface area (TPSA) is 75.6 Å². The summed E-state index contributed by atoms with van der Waals surface area (Å²) in [4.78, 5) is 22.8. The maximum absolute atomic E-state index is 12.8. The van der Waals surface area contributed by atoms with Crippen LogP contribution in [0, 0.1) is 0 Å². The van der Waals surface area contributed by atoms with Gasteiger partial charge in [-0.05, 0) is 18.2 Å². The molecule has 0 saturated carbocycles. The van der Waals surface area contributed by atoms with Gasteiger partial charge < -0.3 is 15.2 Å². The number of carbonyl (C=O) groups is 2. The summed E-state index contributed by atoms with van der Waals surface area (Å²) < 4.78 is 80.4. The molecule has 0 aliphatic heterocycles. The van der Waals surface area contributed by atoms with Gasteiger partial charge >= 0.3 is 18.3 Å². The largest absolute Gasteiger partial charge is 0.467 e. The summed E-state index contributed by atoms with van der Waals surface area (Å²) in [7, 11) is 0.561. The molecule has 0 fully saturated rings. The lowest BCUT2D eigenvalue weighted by atomic mass is 9.98. The van der Waals surface area contributed by atoms with Crippen LogP contribution in [-0.4, -0.2) is 35.9 Å². The molecule has 25 heavy (non-hydrogen) atoms. The monoisotopic (exact) mass is 393 g/mol. The molecule has 0 saturated heterocycles. The average molecular weight is 394 g/mol. The Balaban J connectivity index is 3.05. The van der Waals surface area contributed by atoms with Gasteiger partial charge in [0.25, 0.3) is 5.60 Å². The van der Waals surface area contributed by atoms with Crippen molar-refractivity contribution in [3.63, 3.8) is 0 Å².